The number of hydrogen-bond acceptors (Lipinski definition) is 5. The number of nitrogens with zero attached hydrogens (tertiary/aromatic N) is 3. The first-order valence-electron chi connectivity index (χ1n) is 8.85. The molecule has 1 aromatic rings. The Morgan fingerprint density at radius 3 is 3.13 bits per heavy atom. The minimum Gasteiger partial charge on any atom is -0.378 e. The predicted molar refractivity (Wildman–Crippen MR) is 84.1 cm³/mol. The topological polar surface area (TPSA) is 81.1 Å². The number of rotatable bonds is 3. The van der Waals surface area contributed by atoms with Gasteiger partial charge in [0.1, 0.15) is 6.33 Å². The molecule has 3 aliphatic rings. The van der Waals surface area contributed by atoms with E-state index in [0.29, 0.717) is 18.1 Å². The minimum absolute atomic E-state index is 0.148. The van der Waals surface area contributed by atoms with Crippen LogP contribution in [0.1, 0.15) is 55.2 Å². The molecule has 1 saturated carbocycles. The first-order valence-corrected chi connectivity index (χ1v) is 8.85. The van der Waals surface area contributed by atoms with Gasteiger partial charge in [0.25, 0.3) is 5.91 Å². The summed E-state index contributed by atoms with van der Waals surface area (Å²) in [6, 6.07) is 0.507. The molecule has 4 rings (SSSR count). The molecular weight excluding hydrogens is 294 g/mol. The molecule has 7 heteroatoms. The molecule has 3 fully saturated rings. The van der Waals surface area contributed by atoms with Crippen LogP contribution < -0.4 is 10.6 Å². The SMILES string of the molecule is O=C(N[C@@H]1CCC[C@@H]2OCC[C@H]21)c1ncn([C@H]2CCCNC2)n1. The number of hydrogen-bond donors (Lipinski definition) is 2. The number of nitrogens with one attached hydrogen (secondary N) is 2. The molecule has 2 saturated heterocycles. The molecule has 0 radical (unpaired) electrons. The number of fused-ring (bicyclic) bond motifs is 1. The third kappa shape index (κ3) is 3.12. The Morgan fingerprint density at radius 1 is 1.30 bits per heavy atom. The molecule has 23 heavy (non-hydrogen) atoms. The first-order chi connectivity index (χ1) is 11.3. The summed E-state index contributed by atoms with van der Waals surface area (Å²) in [7, 11) is 0. The Morgan fingerprint density at radius 2 is 2.26 bits per heavy atom. The van der Waals surface area contributed by atoms with E-state index < -0.39 is 0 Å². The van der Waals surface area contributed by atoms with Gasteiger partial charge in [-0.1, -0.05) is 0 Å². The van der Waals surface area contributed by atoms with Crippen LogP contribution in [0.15, 0.2) is 6.33 Å². The van der Waals surface area contributed by atoms with E-state index in [0.717, 1.165) is 58.2 Å². The first kappa shape index (κ1) is 15.1. The van der Waals surface area contributed by atoms with Gasteiger partial charge in [-0.05, 0) is 45.1 Å². The molecule has 0 aromatic carbocycles. The second-order valence-electron chi connectivity index (χ2n) is 6.92. The van der Waals surface area contributed by atoms with Crippen molar-refractivity contribution in [1.29, 1.82) is 0 Å². The van der Waals surface area contributed by atoms with E-state index in [1.165, 1.54) is 0 Å². The highest BCUT2D eigenvalue weighted by Gasteiger charge is 2.38. The van der Waals surface area contributed by atoms with Crippen molar-refractivity contribution in [2.24, 2.45) is 5.92 Å². The van der Waals surface area contributed by atoms with Gasteiger partial charge in [-0.3, -0.25) is 4.79 Å². The van der Waals surface area contributed by atoms with Crippen molar-refractivity contribution in [3.05, 3.63) is 12.2 Å². The third-order valence-electron chi connectivity index (χ3n) is 5.45. The highest BCUT2D eigenvalue weighted by Crippen LogP contribution is 2.34. The zero-order valence-corrected chi connectivity index (χ0v) is 13.4. The fourth-order valence-corrected chi connectivity index (χ4v) is 4.20. The summed E-state index contributed by atoms with van der Waals surface area (Å²) in [5.74, 6) is 0.596. The van der Waals surface area contributed by atoms with E-state index in [2.05, 4.69) is 20.7 Å². The summed E-state index contributed by atoms with van der Waals surface area (Å²) in [6.45, 7) is 2.78. The van der Waals surface area contributed by atoms with E-state index in [1.807, 2.05) is 4.68 Å². The van der Waals surface area contributed by atoms with E-state index >= 15 is 0 Å². The molecule has 2 aliphatic heterocycles. The smallest absolute Gasteiger partial charge is 0.291 e. The van der Waals surface area contributed by atoms with E-state index in [4.69, 9.17) is 4.74 Å². The third-order valence-corrected chi connectivity index (χ3v) is 5.45. The molecule has 2 N–H and O–H groups in total. The summed E-state index contributed by atoms with van der Waals surface area (Å²) in [6.07, 6.45) is 8.55. The summed E-state index contributed by atoms with van der Waals surface area (Å²) in [5.41, 5.74) is 0. The molecule has 7 nitrogen and oxygen atoms in total. The van der Waals surface area contributed by atoms with Crippen molar-refractivity contribution in [1.82, 2.24) is 25.4 Å². The monoisotopic (exact) mass is 319 g/mol. The maximum Gasteiger partial charge on any atom is 0.291 e. The number of aromatic nitrogens is 3. The number of carbonyl (C=O) groups is 1. The van der Waals surface area contributed by atoms with Crippen LogP contribution in [0, 0.1) is 5.92 Å². The standard InChI is InChI=1S/C16H25N5O2/c22-16(19-13-4-1-5-14-12(13)6-8-23-14)15-18-10-21(20-15)11-3-2-7-17-9-11/h10-14,17H,1-9H2,(H,19,22)/t11-,12-,13+,14-/m0/s1. The van der Waals surface area contributed by atoms with Crippen molar-refractivity contribution in [2.75, 3.05) is 19.7 Å². The molecule has 126 valence electrons. The fraction of sp³-hybridized carbons (Fsp3) is 0.812. The van der Waals surface area contributed by atoms with Crippen molar-refractivity contribution in [3.8, 4) is 0 Å². The fourth-order valence-electron chi connectivity index (χ4n) is 4.20. The van der Waals surface area contributed by atoms with Crippen LogP contribution in [-0.2, 0) is 4.74 Å². The molecule has 0 spiro atoms. The van der Waals surface area contributed by atoms with Gasteiger partial charge in [0, 0.05) is 25.1 Å². The van der Waals surface area contributed by atoms with Crippen LogP contribution in [-0.4, -0.2) is 52.5 Å². The highest BCUT2D eigenvalue weighted by molar-refractivity contribution is 5.90. The zero-order chi connectivity index (χ0) is 15.6. The van der Waals surface area contributed by atoms with Crippen molar-refractivity contribution < 1.29 is 9.53 Å². The van der Waals surface area contributed by atoms with Crippen LogP contribution in [0.5, 0.6) is 0 Å². The van der Waals surface area contributed by atoms with Crippen LogP contribution >= 0.6 is 0 Å². The van der Waals surface area contributed by atoms with E-state index in [1.54, 1.807) is 6.33 Å². The summed E-state index contributed by atoms with van der Waals surface area (Å²) < 4.78 is 7.60. The van der Waals surface area contributed by atoms with E-state index in [-0.39, 0.29) is 17.8 Å². The van der Waals surface area contributed by atoms with Gasteiger partial charge in [-0.15, -0.1) is 5.10 Å². The maximum absolute atomic E-state index is 12.5. The lowest BCUT2D eigenvalue weighted by Crippen LogP contribution is -2.46. The Labute approximate surface area is 136 Å². The molecule has 0 unspecified atom stereocenters. The predicted octanol–water partition coefficient (Wildman–Crippen LogP) is 0.890. The van der Waals surface area contributed by atoms with Gasteiger partial charge < -0.3 is 15.4 Å². The number of ether oxygens (including phenoxy) is 1. The second kappa shape index (κ2) is 6.57. The minimum atomic E-state index is -0.148. The van der Waals surface area contributed by atoms with Crippen molar-refractivity contribution >= 4 is 5.91 Å². The quantitative estimate of drug-likeness (QED) is 0.865. The number of carbonyl (C=O) groups excluding carboxylic acids is 1. The van der Waals surface area contributed by atoms with Gasteiger partial charge in [-0.2, -0.15) is 0 Å². The molecular formula is C16H25N5O2. The normalized spacial score (nSPS) is 34.1. The molecule has 4 atom stereocenters. The second-order valence-corrected chi connectivity index (χ2v) is 6.92. The van der Waals surface area contributed by atoms with Crippen LogP contribution in [0.2, 0.25) is 0 Å². The van der Waals surface area contributed by atoms with Gasteiger partial charge in [0.15, 0.2) is 0 Å². The lowest BCUT2D eigenvalue weighted by Gasteiger charge is -2.32. The molecule has 1 aromatic heterocycles. The molecule has 0 bridgehead atoms. The lowest BCUT2D eigenvalue weighted by molar-refractivity contribution is 0.0508. The average molecular weight is 319 g/mol. The molecule has 1 amide bonds. The van der Waals surface area contributed by atoms with E-state index in [9.17, 15) is 4.79 Å². The summed E-state index contributed by atoms with van der Waals surface area (Å²) >= 11 is 0. The zero-order valence-electron chi connectivity index (χ0n) is 13.4. The number of piperidine rings is 1. The van der Waals surface area contributed by atoms with Crippen molar-refractivity contribution in [2.45, 2.75) is 56.7 Å². The number of amides is 1. The Bertz CT molecular complexity index is 554. The highest BCUT2D eigenvalue weighted by atomic mass is 16.5. The van der Waals surface area contributed by atoms with Gasteiger partial charge in [0.05, 0.1) is 12.1 Å². The summed E-state index contributed by atoms with van der Waals surface area (Å²) in [5, 5.41) is 10.9. The molecule has 1 aliphatic carbocycles. The largest absolute Gasteiger partial charge is 0.378 e. The van der Waals surface area contributed by atoms with Crippen LogP contribution in [0.3, 0.4) is 0 Å². The van der Waals surface area contributed by atoms with Gasteiger partial charge in [-0.25, -0.2) is 9.67 Å². The van der Waals surface area contributed by atoms with Crippen LogP contribution in [0.4, 0.5) is 0 Å². The van der Waals surface area contributed by atoms with Gasteiger partial charge >= 0.3 is 0 Å². The van der Waals surface area contributed by atoms with Gasteiger partial charge in [0.2, 0.25) is 5.82 Å². The van der Waals surface area contributed by atoms with Crippen molar-refractivity contribution in [3.63, 3.8) is 0 Å². The Kier molecular flexibility index (Phi) is 4.31. The lowest BCUT2D eigenvalue weighted by atomic mass is 9.82. The average Bonchev–Trinajstić information content (AvgIpc) is 3.25. The summed E-state index contributed by atoms with van der Waals surface area (Å²) in [4.78, 5) is 16.7. The molecule has 3 heterocycles. The van der Waals surface area contributed by atoms with Crippen LogP contribution in [0.25, 0.3) is 0 Å². The maximum atomic E-state index is 12.5. The Hall–Kier alpha value is -1.47. The Balaban J connectivity index is 1.40.